The first-order valence-electron chi connectivity index (χ1n) is 4.84. The second kappa shape index (κ2) is 5.77. The summed E-state index contributed by atoms with van der Waals surface area (Å²) < 4.78 is 13.6. The largest absolute Gasteiger partial charge is 0.480 e. The summed E-state index contributed by atoms with van der Waals surface area (Å²) >= 11 is 3.20. The highest BCUT2D eigenvalue weighted by atomic mass is 79.9. The van der Waals surface area contributed by atoms with Crippen LogP contribution in [0.5, 0.6) is 0 Å². The Balaban J connectivity index is 2.89. The van der Waals surface area contributed by atoms with Gasteiger partial charge in [-0.1, -0.05) is 15.9 Å². The van der Waals surface area contributed by atoms with Crippen molar-refractivity contribution >= 4 is 27.8 Å². The third-order valence-electron chi connectivity index (χ3n) is 2.11. The Morgan fingerprint density at radius 1 is 1.53 bits per heavy atom. The molecule has 0 saturated carbocycles. The van der Waals surface area contributed by atoms with Gasteiger partial charge in [0.15, 0.2) is 0 Å². The quantitative estimate of drug-likeness (QED) is 0.890. The molecule has 17 heavy (non-hydrogen) atoms. The van der Waals surface area contributed by atoms with Gasteiger partial charge in [0.1, 0.15) is 11.9 Å². The van der Waals surface area contributed by atoms with E-state index in [2.05, 4.69) is 21.2 Å². The molecule has 0 saturated heterocycles. The number of carbonyl (C=O) groups excluding carboxylic acids is 1. The van der Waals surface area contributed by atoms with Crippen LogP contribution in [0.15, 0.2) is 22.7 Å². The monoisotopic (exact) mass is 303 g/mol. The maximum absolute atomic E-state index is 13.0. The van der Waals surface area contributed by atoms with E-state index in [1.807, 2.05) is 0 Å². The summed E-state index contributed by atoms with van der Waals surface area (Å²) in [5.41, 5.74) is 0.492. The fraction of sp³-hybridized carbons (Fsp3) is 0.273. The van der Waals surface area contributed by atoms with Gasteiger partial charge in [-0.3, -0.25) is 4.79 Å². The molecule has 92 valence electrons. The predicted octanol–water partition coefficient (Wildman–Crippen LogP) is 1.72. The summed E-state index contributed by atoms with van der Waals surface area (Å²) in [6.07, 6.45) is 0.0211. The van der Waals surface area contributed by atoms with Crippen molar-refractivity contribution in [3.63, 3.8) is 0 Å². The maximum Gasteiger partial charge on any atom is 0.326 e. The molecular formula is C11H11BrFNO3. The zero-order chi connectivity index (χ0) is 13.0. The van der Waals surface area contributed by atoms with E-state index in [1.54, 1.807) is 0 Å². The summed E-state index contributed by atoms with van der Waals surface area (Å²) in [6.45, 7) is 1.23. The fourth-order valence-corrected chi connectivity index (χ4v) is 1.77. The Hall–Kier alpha value is -1.43. The molecule has 6 heteroatoms. The summed E-state index contributed by atoms with van der Waals surface area (Å²) in [5, 5.41) is 11.2. The van der Waals surface area contributed by atoms with Crippen molar-refractivity contribution in [2.75, 3.05) is 0 Å². The van der Waals surface area contributed by atoms with Gasteiger partial charge in [-0.2, -0.15) is 0 Å². The summed E-state index contributed by atoms with van der Waals surface area (Å²) in [7, 11) is 0. The number of halogens is 2. The molecule has 0 aliphatic rings. The summed E-state index contributed by atoms with van der Waals surface area (Å²) in [6, 6.07) is 2.94. The molecule has 1 aromatic rings. The van der Waals surface area contributed by atoms with Crippen molar-refractivity contribution in [2.24, 2.45) is 0 Å². The van der Waals surface area contributed by atoms with E-state index in [-0.39, 0.29) is 6.42 Å². The highest BCUT2D eigenvalue weighted by Gasteiger charge is 2.20. The molecule has 4 nitrogen and oxygen atoms in total. The molecular weight excluding hydrogens is 293 g/mol. The van der Waals surface area contributed by atoms with Crippen molar-refractivity contribution < 1.29 is 19.1 Å². The molecule has 2 N–H and O–H groups in total. The molecule has 0 heterocycles. The number of rotatable bonds is 4. The first kappa shape index (κ1) is 13.6. The van der Waals surface area contributed by atoms with Crippen molar-refractivity contribution in [3.8, 4) is 0 Å². The lowest BCUT2D eigenvalue weighted by Gasteiger charge is -2.14. The molecule has 0 bridgehead atoms. The topological polar surface area (TPSA) is 66.4 Å². The molecule has 1 rings (SSSR count). The van der Waals surface area contributed by atoms with Gasteiger partial charge < -0.3 is 10.4 Å². The molecule has 0 spiro atoms. The zero-order valence-corrected chi connectivity index (χ0v) is 10.6. The Morgan fingerprint density at radius 2 is 2.18 bits per heavy atom. The number of hydrogen-bond acceptors (Lipinski definition) is 2. The van der Waals surface area contributed by atoms with Crippen LogP contribution in [-0.2, 0) is 16.0 Å². The summed E-state index contributed by atoms with van der Waals surface area (Å²) in [5.74, 6) is -2.04. The molecule has 0 aliphatic carbocycles. The van der Waals surface area contributed by atoms with E-state index in [9.17, 15) is 14.0 Å². The number of hydrogen-bond donors (Lipinski definition) is 2. The van der Waals surface area contributed by atoms with Gasteiger partial charge in [-0.15, -0.1) is 0 Å². The minimum atomic E-state index is -1.16. The van der Waals surface area contributed by atoms with Crippen LogP contribution in [0.1, 0.15) is 12.5 Å². The van der Waals surface area contributed by atoms with E-state index < -0.39 is 23.7 Å². The second-order valence-electron chi connectivity index (χ2n) is 3.53. The molecule has 1 amide bonds. The van der Waals surface area contributed by atoms with Crippen molar-refractivity contribution in [3.05, 3.63) is 34.1 Å². The van der Waals surface area contributed by atoms with E-state index in [0.29, 0.717) is 10.0 Å². The first-order chi connectivity index (χ1) is 7.90. The minimum Gasteiger partial charge on any atom is -0.480 e. The van der Waals surface area contributed by atoms with Crippen LogP contribution in [0.25, 0.3) is 0 Å². The number of aliphatic carboxylic acids is 1. The molecule has 0 radical (unpaired) electrons. The highest BCUT2D eigenvalue weighted by Crippen LogP contribution is 2.19. The lowest BCUT2D eigenvalue weighted by molar-refractivity contribution is -0.141. The van der Waals surface area contributed by atoms with Crippen LogP contribution in [0.3, 0.4) is 0 Å². The number of carboxylic acid groups (broad SMARTS) is 1. The van der Waals surface area contributed by atoms with Gasteiger partial charge in [-0.05, 0) is 23.8 Å². The molecule has 1 unspecified atom stereocenters. The third kappa shape index (κ3) is 4.14. The van der Waals surface area contributed by atoms with Gasteiger partial charge in [0, 0.05) is 17.8 Å². The summed E-state index contributed by atoms with van der Waals surface area (Å²) in [4.78, 5) is 21.8. The Bertz CT molecular complexity index is 450. The van der Waals surface area contributed by atoms with Crippen LogP contribution < -0.4 is 5.32 Å². The standard InChI is InChI=1S/C11H11BrFNO3/c1-6(15)14-10(11(16)17)5-7-4-8(13)2-3-9(7)12/h2-4,10H,5H2,1H3,(H,14,15)(H,16,17). The number of amides is 1. The number of benzene rings is 1. The Labute approximate surface area is 106 Å². The molecule has 0 aromatic heterocycles. The lowest BCUT2D eigenvalue weighted by atomic mass is 10.1. The Kier molecular flexibility index (Phi) is 4.62. The van der Waals surface area contributed by atoms with Crippen molar-refractivity contribution in [1.29, 1.82) is 0 Å². The number of carbonyl (C=O) groups is 2. The fourth-order valence-electron chi connectivity index (χ4n) is 1.37. The highest BCUT2D eigenvalue weighted by molar-refractivity contribution is 9.10. The van der Waals surface area contributed by atoms with Crippen LogP contribution in [0.4, 0.5) is 4.39 Å². The molecule has 0 fully saturated rings. The van der Waals surface area contributed by atoms with Crippen LogP contribution in [0.2, 0.25) is 0 Å². The smallest absolute Gasteiger partial charge is 0.326 e. The number of nitrogens with one attached hydrogen (secondary N) is 1. The van der Waals surface area contributed by atoms with Gasteiger partial charge in [0.2, 0.25) is 5.91 Å². The van der Waals surface area contributed by atoms with E-state index in [4.69, 9.17) is 5.11 Å². The minimum absolute atomic E-state index is 0.0211. The molecule has 1 atom stereocenters. The maximum atomic E-state index is 13.0. The Morgan fingerprint density at radius 3 is 2.71 bits per heavy atom. The average Bonchev–Trinajstić information content (AvgIpc) is 2.21. The van der Waals surface area contributed by atoms with Crippen LogP contribution in [-0.4, -0.2) is 23.0 Å². The first-order valence-corrected chi connectivity index (χ1v) is 5.63. The van der Waals surface area contributed by atoms with Crippen LogP contribution >= 0.6 is 15.9 Å². The average molecular weight is 304 g/mol. The van der Waals surface area contributed by atoms with E-state index in [0.717, 1.165) is 0 Å². The second-order valence-corrected chi connectivity index (χ2v) is 4.39. The predicted molar refractivity (Wildman–Crippen MR) is 63.0 cm³/mol. The van der Waals surface area contributed by atoms with Crippen molar-refractivity contribution in [1.82, 2.24) is 5.32 Å². The molecule has 0 aliphatic heterocycles. The lowest BCUT2D eigenvalue weighted by Crippen LogP contribution is -2.41. The SMILES string of the molecule is CC(=O)NC(Cc1cc(F)ccc1Br)C(=O)O. The van der Waals surface area contributed by atoms with Gasteiger partial charge in [0.25, 0.3) is 0 Å². The zero-order valence-electron chi connectivity index (χ0n) is 9.04. The van der Waals surface area contributed by atoms with Gasteiger partial charge in [0.05, 0.1) is 0 Å². The van der Waals surface area contributed by atoms with Crippen LogP contribution in [0, 0.1) is 5.82 Å². The normalized spacial score (nSPS) is 11.9. The van der Waals surface area contributed by atoms with E-state index >= 15 is 0 Å². The molecule has 1 aromatic carbocycles. The third-order valence-corrected chi connectivity index (χ3v) is 2.88. The van der Waals surface area contributed by atoms with Gasteiger partial charge >= 0.3 is 5.97 Å². The van der Waals surface area contributed by atoms with Gasteiger partial charge in [-0.25, -0.2) is 9.18 Å². The number of carboxylic acids is 1. The van der Waals surface area contributed by atoms with Crippen molar-refractivity contribution in [2.45, 2.75) is 19.4 Å². The van der Waals surface area contributed by atoms with E-state index in [1.165, 1.54) is 25.1 Å².